The highest BCUT2D eigenvalue weighted by atomic mass is 35.5. The Labute approximate surface area is 212 Å². The van der Waals surface area contributed by atoms with Crippen LogP contribution < -0.4 is 10.1 Å². The third-order valence-corrected chi connectivity index (χ3v) is 6.29. The first kappa shape index (κ1) is 24.8. The average Bonchev–Trinajstić information content (AvgIpc) is 3.21. The summed E-state index contributed by atoms with van der Waals surface area (Å²) in [4.78, 5) is 17.6. The normalized spacial score (nSPS) is 12.5. The molecule has 1 N–H and O–H groups in total. The predicted octanol–water partition coefficient (Wildman–Crippen LogP) is 6.95. The number of halogens is 1. The molecule has 0 saturated heterocycles. The van der Waals surface area contributed by atoms with Crippen molar-refractivity contribution in [3.63, 3.8) is 0 Å². The van der Waals surface area contributed by atoms with Crippen LogP contribution >= 0.6 is 11.6 Å². The molecule has 182 valence electrons. The van der Waals surface area contributed by atoms with Crippen molar-refractivity contribution in [3.05, 3.63) is 94.8 Å². The molecule has 0 fully saturated rings. The Bertz CT molecular complexity index is 1290. The van der Waals surface area contributed by atoms with Gasteiger partial charge in [-0.15, -0.1) is 0 Å². The lowest BCUT2D eigenvalue weighted by Crippen LogP contribution is -2.28. The van der Waals surface area contributed by atoms with Crippen molar-refractivity contribution in [1.82, 2.24) is 14.9 Å². The molecular formula is C29H32ClN3O2. The van der Waals surface area contributed by atoms with Crippen LogP contribution in [0, 0.1) is 0 Å². The van der Waals surface area contributed by atoms with Gasteiger partial charge in [-0.2, -0.15) is 0 Å². The topological polar surface area (TPSA) is 56.2 Å². The minimum atomic E-state index is -0.267. The van der Waals surface area contributed by atoms with E-state index in [1.165, 1.54) is 5.56 Å². The molecule has 0 saturated carbocycles. The average molecular weight is 490 g/mol. The quantitative estimate of drug-likeness (QED) is 0.272. The largest absolute Gasteiger partial charge is 0.494 e. The zero-order valence-electron chi connectivity index (χ0n) is 20.7. The fourth-order valence-corrected chi connectivity index (χ4v) is 4.20. The molecule has 3 aromatic carbocycles. The number of hydrogen-bond acceptors (Lipinski definition) is 3. The van der Waals surface area contributed by atoms with Crippen LogP contribution in [-0.4, -0.2) is 22.1 Å². The van der Waals surface area contributed by atoms with Crippen LogP contribution in [-0.2, 0) is 12.0 Å². The Kier molecular flexibility index (Phi) is 7.46. The van der Waals surface area contributed by atoms with Gasteiger partial charge in [0.05, 0.1) is 23.7 Å². The maximum absolute atomic E-state index is 12.8. The second-order valence-electron chi connectivity index (χ2n) is 9.79. The molecule has 4 aromatic rings. The number of aromatic nitrogens is 2. The van der Waals surface area contributed by atoms with Crippen LogP contribution in [0.1, 0.15) is 61.9 Å². The summed E-state index contributed by atoms with van der Waals surface area (Å²) >= 11 is 5.95. The van der Waals surface area contributed by atoms with Gasteiger partial charge in [0.1, 0.15) is 11.6 Å². The van der Waals surface area contributed by atoms with Crippen molar-refractivity contribution >= 4 is 28.5 Å². The van der Waals surface area contributed by atoms with E-state index in [0.29, 0.717) is 17.2 Å². The molecule has 6 heteroatoms. The van der Waals surface area contributed by atoms with Gasteiger partial charge < -0.3 is 14.6 Å². The molecule has 0 spiro atoms. The Morgan fingerprint density at radius 2 is 1.71 bits per heavy atom. The summed E-state index contributed by atoms with van der Waals surface area (Å²) in [6.07, 6.45) is 0.812. The van der Waals surface area contributed by atoms with Crippen molar-refractivity contribution in [2.24, 2.45) is 0 Å². The minimum Gasteiger partial charge on any atom is -0.494 e. The van der Waals surface area contributed by atoms with E-state index in [2.05, 4.69) is 48.9 Å². The molecule has 0 aliphatic heterocycles. The molecule has 0 bridgehead atoms. The molecule has 1 atom stereocenters. The van der Waals surface area contributed by atoms with E-state index < -0.39 is 0 Å². The third kappa shape index (κ3) is 6.04. The number of rotatable bonds is 8. The predicted molar refractivity (Wildman–Crippen MR) is 142 cm³/mol. The fraction of sp³-hybridized carbons (Fsp3) is 0.310. The zero-order valence-corrected chi connectivity index (χ0v) is 21.5. The Hall–Kier alpha value is -3.31. The summed E-state index contributed by atoms with van der Waals surface area (Å²) in [7, 11) is 0. The standard InChI is InChI=1S/C29H32ClN3O2/c1-20(31-28(34)21-10-14-23(30)15-11-21)27-32-25-8-5-6-9-26(25)33(27)18-7-19-35-24-16-12-22(13-17-24)29(2,3)4/h5-6,8-17,20H,7,18-19H2,1-4H3,(H,31,34). The van der Waals surface area contributed by atoms with Crippen LogP contribution in [0.2, 0.25) is 5.02 Å². The number of aryl methyl sites for hydroxylation is 1. The second-order valence-corrected chi connectivity index (χ2v) is 10.2. The van der Waals surface area contributed by atoms with Crippen molar-refractivity contribution in [2.75, 3.05) is 6.61 Å². The first-order chi connectivity index (χ1) is 16.7. The number of ether oxygens (including phenoxy) is 1. The fourth-order valence-electron chi connectivity index (χ4n) is 4.07. The molecule has 5 nitrogen and oxygen atoms in total. The first-order valence-electron chi connectivity index (χ1n) is 12.0. The van der Waals surface area contributed by atoms with E-state index in [4.69, 9.17) is 21.3 Å². The number of nitrogens with one attached hydrogen (secondary N) is 1. The van der Waals surface area contributed by atoms with Gasteiger partial charge in [-0.05, 0) is 72.9 Å². The number of hydrogen-bond donors (Lipinski definition) is 1. The molecule has 1 heterocycles. The van der Waals surface area contributed by atoms with Crippen molar-refractivity contribution in [1.29, 1.82) is 0 Å². The van der Waals surface area contributed by atoms with Crippen LogP contribution in [0.15, 0.2) is 72.8 Å². The van der Waals surface area contributed by atoms with Gasteiger partial charge in [-0.25, -0.2) is 4.98 Å². The monoisotopic (exact) mass is 489 g/mol. The van der Waals surface area contributed by atoms with E-state index in [-0.39, 0.29) is 17.4 Å². The van der Waals surface area contributed by atoms with Crippen LogP contribution in [0.3, 0.4) is 0 Å². The van der Waals surface area contributed by atoms with Crippen molar-refractivity contribution in [3.8, 4) is 5.75 Å². The van der Waals surface area contributed by atoms with Gasteiger partial charge >= 0.3 is 0 Å². The van der Waals surface area contributed by atoms with Crippen LogP contribution in [0.5, 0.6) is 5.75 Å². The SMILES string of the molecule is CC(NC(=O)c1ccc(Cl)cc1)c1nc2ccccc2n1CCCOc1ccc(C(C)(C)C)cc1. The van der Waals surface area contributed by atoms with Gasteiger partial charge in [0.2, 0.25) is 0 Å². The van der Waals surface area contributed by atoms with E-state index in [1.807, 2.05) is 37.3 Å². The van der Waals surface area contributed by atoms with Crippen LogP contribution in [0.4, 0.5) is 0 Å². The number of fused-ring (bicyclic) bond motifs is 1. The number of imidazole rings is 1. The van der Waals surface area contributed by atoms with E-state index in [9.17, 15) is 4.79 Å². The summed E-state index contributed by atoms with van der Waals surface area (Å²) in [5.41, 5.74) is 3.93. The lowest BCUT2D eigenvalue weighted by Gasteiger charge is -2.19. The van der Waals surface area contributed by atoms with E-state index in [1.54, 1.807) is 24.3 Å². The number of amides is 1. The van der Waals surface area contributed by atoms with Crippen molar-refractivity contribution in [2.45, 2.75) is 52.1 Å². The molecule has 0 aliphatic carbocycles. The highest BCUT2D eigenvalue weighted by Crippen LogP contribution is 2.25. The van der Waals surface area contributed by atoms with Crippen molar-refractivity contribution < 1.29 is 9.53 Å². The summed E-state index contributed by atoms with van der Waals surface area (Å²) in [6.45, 7) is 9.89. The van der Waals surface area contributed by atoms with Gasteiger partial charge in [-0.3, -0.25) is 4.79 Å². The molecule has 1 unspecified atom stereocenters. The maximum atomic E-state index is 12.8. The van der Waals surface area contributed by atoms with Gasteiger partial charge in [0.25, 0.3) is 5.91 Å². The summed E-state index contributed by atoms with van der Waals surface area (Å²) in [6, 6.07) is 23.0. The first-order valence-corrected chi connectivity index (χ1v) is 12.3. The smallest absolute Gasteiger partial charge is 0.251 e. The second kappa shape index (κ2) is 10.5. The molecule has 4 rings (SSSR count). The number of carbonyl (C=O) groups excluding carboxylic acids is 1. The Morgan fingerprint density at radius 1 is 1.03 bits per heavy atom. The molecule has 0 radical (unpaired) electrons. The molecule has 0 aliphatic rings. The number of benzene rings is 3. The maximum Gasteiger partial charge on any atom is 0.251 e. The molecular weight excluding hydrogens is 458 g/mol. The summed E-state index contributed by atoms with van der Waals surface area (Å²) in [5, 5.41) is 3.67. The molecule has 1 amide bonds. The minimum absolute atomic E-state index is 0.122. The Balaban J connectivity index is 1.43. The van der Waals surface area contributed by atoms with Crippen LogP contribution in [0.25, 0.3) is 11.0 Å². The van der Waals surface area contributed by atoms with Gasteiger partial charge in [0, 0.05) is 17.1 Å². The highest BCUT2D eigenvalue weighted by Gasteiger charge is 2.19. The van der Waals surface area contributed by atoms with E-state index in [0.717, 1.165) is 35.6 Å². The van der Waals surface area contributed by atoms with Gasteiger partial charge in [-0.1, -0.05) is 56.6 Å². The lowest BCUT2D eigenvalue weighted by molar-refractivity contribution is 0.0937. The Morgan fingerprint density at radius 3 is 2.40 bits per heavy atom. The summed E-state index contributed by atoms with van der Waals surface area (Å²) < 4.78 is 8.18. The molecule has 1 aromatic heterocycles. The number of carbonyl (C=O) groups is 1. The number of para-hydroxylation sites is 2. The third-order valence-electron chi connectivity index (χ3n) is 6.04. The lowest BCUT2D eigenvalue weighted by atomic mass is 9.87. The summed E-state index contributed by atoms with van der Waals surface area (Å²) in [5.74, 6) is 1.54. The zero-order chi connectivity index (χ0) is 25.0. The van der Waals surface area contributed by atoms with E-state index >= 15 is 0 Å². The number of nitrogens with zero attached hydrogens (tertiary/aromatic N) is 2. The van der Waals surface area contributed by atoms with Gasteiger partial charge in [0.15, 0.2) is 0 Å². The molecule has 35 heavy (non-hydrogen) atoms. The highest BCUT2D eigenvalue weighted by molar-refractivity contribution is 6.30.